The van der Waals surface area contributed by atoms with Crippen LogP contribution in [0.5, 0.6) is 17.2 Å². The quantitative estimate of drug-likeness (QED) is 0.321. The number of carbonyl (C=O) groups is 1. The maximum atomic E-state index is 12.5. The van der Waals surface area contributed by atoms with Crippen molar-refractivity contribution in [2.45, 2.75) is 5.03 Å². The van der Waals surface area contributed by atoms with E-state index in [9.17, 15) is 4.79 Å². The maximum absolute atomic E-state index is 12.5. The zero-order chi connectivity index (χ0) is 22.5. The van der Waals surface area contributed by atoms with Crippen molar-refractivity contribution in [3.05, 3.63) is 55.0 Å². The van der Waals surface area contributed by atoms with Gasteiger partial charge in [0.05, 0.1) is 44.4 Å². The minimum Gasteiger partial charge on any atom is -0.497 e. The Balaban J connectivity index is 1.47. The van der Waals surface area contributed by atoms with E-state index in [4.69, 9.17) is 14.2 Å². The lowest BCUT2D eigenvalue weighted by molar-refractivity contribution is -0.113. The average Bonchev–Trinajstić information content (AvgIpc) is 3.27. The van der Waals surface area contributed by atoms with Gasteiger partial charge in [0.15, 0.2) is 17.1 Å². The van der Waals surface area contributed by atoms with E-state index < -0.39 is 0 Å². The number of ether oxygens (including phenoxy) is 3. The third-order valence-corrected chi connectivity index (χ3v) is 5.66. The molecule has 0 saturated heterocycles. The molecule has 0 bridgehead atoms. The molecule has 0 fully saturated rings. The molecule has 0 atom stereocenters. The van der Waals surface area contributed by atoms with Gasteiger partial charge in [-0.05, 0) is 36.4 Å². The van der Waals surface area contributed by atoms with Crippen LogP contribution >= 0.6 is 11.8 Å². The normalized spacial score (nSPS) is 10.7. The van der Waals surface area contributed by atoms with Gasteiger partial charge in [-0.1, -0.05) is 11.8 Å². The van der Waals surface area contributed by atoms with Crippen LogP contribution in [0.25, 0.3) is 16.7 Å². The Kier molecular flexibility index (Phi) is 6.41. The summed E-state index contributed by atoms with van der Waals surface area (Å²) in [7, 11) is 4.73. The monoisotopic (exact) mass is 451 g/mol. The van der Waals surface area contributed by atoms with Crippen molar-refractivity contribution in [1.29, 1.82) is 0 Å². The molecule has 0 saturated carbocycles. The zero-order valence-electron chi connectivity index (χ0n) is 17.7. The molecule has 10 heteroatoms. The molecule has 4 aromatic rings. The van der Waals surface area contributed by atoms with Gasteiger partial charge in [0.1, 0.15) is 17.1 Å². The number of methoxy groups -OCH3 is 3. The molecule has 2 aromatic carbocycles. The third-order valence-electron chi connectivity index (χ3n) is 4.65. The summed E-state index contributed by atoms with van der Waals surface area (Å²) in [6, 6.07) is 12.7. The standard InChI is InChI=1S/C22H21N5O4S/c1-29-16-7-5-15(6-8-16)27-21-17(11-25-27)22(24-13-23-21)32-12-20(28)26-14-4-9-18(30-2)19(10-14)31-3/h4-11,13H,12H2,1-3H3,(H,26,28). The molecule has 0 radical (unpaired) electrons. The van der Waals surface area contributed by atoms with Crippen LogP contribution in [0.4, 0.5) is 5.69 Å². The number of fused-ring (bicyclic) bond motifs is 1. The number of amides is 1. The smallest absolute Gasteiger partial charge is 0.234 e. The van der Waals surface area contributed by atoms with Crippen molar-refractivity contribution in [2.24, 2.45) is 0 Å². The van der Waals surface area contributed by atoms with Crippen LogP contribution in [-0.2, 0) is 4.79 Å². The molecule has 1 N–H and O–H groups in total. The number of rotatable bonds is 8. The van der Waals surface area contributed by atoms with Crippen LogP contribution in [0, 0.1) is 0 Å². The molecule has 2 heterocycles. The van der Waals surface area contributed by atoms with Crippen LogP contribution < -0.4 is 19.5 Å². The molecular weight excluding hydrogens is 430 g/mol. The highest BCUT2D eigenvalue weighted by Gasteiger charge is 2.14. The van der Waals surface area contributed by atoms with Gasteiger partial charge in [0.25, 0.3) is 0 Å². The average molecular weight is 452 g/mol. The summed E-state index contributed by atoms with van der Waals surface area (Å²) in [5.74, 6) is 1.90. The number of nitrogens with zero attached hydrogens (tertiary/aromatic N) is 4. The molecule has 32 heavy (non-hydrogen) atoms. The van der Waals surface area contributed by atoms with E-state index in [0.717, 1.165) is 16.8 Å². The summed E-state index contributed by atoms with van der Waals surface area (Å²) in [4.78, 5) is 21.2. The fourth-order valence-electron chi connectivity index (χ4n) is 3.09. The Morgan fingerprint density at radius 2 is 1.78 bits per heavy atom. The van der Waals surface area contributed by atoms with Gasteiger partial charge < -0.3 is 19.5 Å². The van der Waals surface area contributed by atoms with Crippen molar-refractivity contribution in [1.82, 2.24) is 19.7 Å². The van der Waals surface area contributed by atoms with E-state index in [2.05, 4.69) is 20.4 Å². The second kappa shape index (κ2) is 9.56. The van der Waals surface area contributed by atoms with Crippen LogP contribution in [0.3, 0.4) is 0 Å². The van der Waals surface area contributed by atoms with E-state index in [0.29, 0.717) is 27.9 Å². The molecule has 0 aliphatic carbocycles. The van der Waals surface area contributed by atoms with Crippen molar-refractivity contribution in [3.63, 3.8) is 0 Å². The fourth-order valence-corrected chi connectivity index (χ4v) is 3.86. The van der Waals surface area contributed by atoms with Crippen LogP contribution in [0.15, 0.2) is 60.0 Å². The molecule has 0 spiro atoms. The number of nitrogens with one attached hydrogen (secondary N) is 1. The summed E-state index contributed by atoms with van der Waals surface area (Å²) in [5.41, 5.74) is 2.13. The summed E-state index contributed by atoms with van der Waals surface area (Å²) in [6.07, 6.45) is 3.17. The molecule has 164 valence electrons. The Labute approximate surface area is 188 Å². The minimum absolute atomic E-state index is 0.170. The molecule has 9 nitrogen and oxygen atoms in total. The first-order valence-electron chi connectivity index (χ1n) is 9.60. The minimum atomic E-state index is -0.170. The lowest BCUT2D eigenvalue weighted by Gasteiger charge is -2.10. The molecular formula is C22H21N5O4S. The van der Waals surface area contributed by atoms with Gasteiger partial charge in [-0.3, -0.25) is 4.79 Å². The number of hydrogen-bond acceptors (Lipinski definition) is 8. The van der Waals surface area contributed by atoms with Crippen LogP contribution in [0.1, 0.15) is 0 Å². The van der Waals surface area contributed by atoms with Crippen molar-refractivity contribution in [3.8, 4) is 22.9 Å². The van der Waals surface area contributed by atoms with Crippen molar-refractivity contribution >= 4 is 34.4 Å². The lowest BCUT2D eigenvalue weighted by Crippen LogP contribution is -2.14. The molecule has 4 rings (SSSR count). The highest BCUT2D eigenvalue weighted by molar-refractivity contribution is 8.00. The fraction of sp³-hybridized carbons (Fsp3) is 0.182. The van der Waals surface area contributed by atoms with E-state index in [-0.39, 0.29) is 11.7 Å². The van der Waals surface area contributed by atoms with Crippen molar-refractivity contribution < 1.29 is 19.0 Å². The zero-order valence-corrected chi connectivity index (χ0v) is 18.5. The van der Waals surface area contributed by atoms with Gasteiger partial charge in [-0.25, -0.2) is 14.6 Å². The number of carbonyl (C=O) groups excluding carboxylic acids is 1. The summed E-state index contributed by atoms with van der Waals surface area (Å²) in [6.45, 7) is 0. The van der Waals surface area contributed by atoms with Gasteiger partial charge >= 0.3 is 0 Å². The Morgan fingerprint density at radius 3 is 2.50 bits per heavy atom. The topological polar surface area (TPSA) is 100 Å². The van der Waals surface area contributed by atoms with E-state index in [1.54, 1.807) is 50.4 Å². The van der Waals surface area contributed by atoms with E-state index >= 15 is 0 Å². The predicted molar refractivity (Wildman–Crippen MR) is 122 cm³/mol. The summed E-state index contributed by atoms with van der Waals surface area (Å²) >= 11 is 1.32. The Morgan fingerprint density at radius 1 is 1.00 bits per heavy atom. The second-order valence-corrected chi connectivity index (χ2v) is 7.54. The number of benzene rings is 2. The lowest BCUT2D eigenvalue weighted by atomic mass is 10.2. The highest BCUT2D eigenvalue weighted by Crippen LogP contribution is 2.30. The first-order valence-corrected chi connectivity index (χ1v) is 10.6. The summed E-state index contributed by atoms with van der Waals surface area (Å²) in [5, 5.41) is 8.75. The van der Waals surface area contributed by atoms with Gasteiger partial charge in [-0.2, -0.15) is 5.10 Å². The third kappa shape index (κ3) is 4.45. The Bertz CT molecular complexity index is 1240. The number of thioether (sulfide) groups is 1. The molecule has 0 aliphatic rings. The molecule has 0 unspecified atom stereocenters. The predicted octanol–water partition coefficient (Wildman–Crippen LogP) is 3.57. The second-order valence-electron chi connectivity index (χ2n) is 6.58. The van der Waals surface area contributed by atoms with Gasteiger partial charge in [0, 0.05) is 11.8 Å². The number of anilines is 1. The molecule has 0 aliphatic heterocycles. The summed E-state index contributed by atoms with van der Waals surface area (Å²) < 4.78 is 17.4. The molecule has 1 amide bonds. The SMILES string of the molecule is COc1ccc(-n2ncc3c(SCC(=O)Nc4ccc(OC)c(OC)c4)ncnc32)cc1. The van der Waals surface area contributed by atoms with Gasteiger partial charge in [0.2, 0.25) is 5.91 Å². The van der Waals surface area contributed by atoms with Gasteiger partial charge in [-0.15, -0.1) is 0 Å². The van der Waals surface area contributed by atoms with Crippen LogP contribution in [0.2, 0.25) is 0 Å². The number of hydrogen-bond donors (Lipinski definition) is 1. The maximum Gasteiger partial charge on any atom is 0.234 e. The number of aromatic nitrogens is 4. The largest absolute Gasteiger partial charge is 0.497 e. The first-order chi connectivity index (χ1) is 15.6. The molecule has 2 aromatic heterocycles. The highest BCUT2D eigenvalue weighted by atomic mass is 32.2. The Hall–Kier alpha value is -3.79. The van der Waals surface area contributed by atoms with Crippen molar-refractivity contribution in [2.75, 3.05) is 32.4 Å². The van der Waals surface area contributed by atoms with E-state index in [1.807, 2.05) is 24.3 Å². The first kappa shape index (κ1) is 21.4. The van der Waals surface area contributed by atoms with Crippen LogP contribution in [-0.4, -0.2) is 52.7 Å². The van der Waals surface area contributed by atoms with E-state index in [1.165, 1.54) is 18.1 Å².